The lowest BCUT2D eigenvalue weighted by Crippen LogP contribution is -2.39. The molecule has 1 unspecified atom stereocenters. The van der Waals surface area contributed by atoms with Crippen LogP contribution >= 0.6 is 24.0 Å². The van der Waals surface area contributed by atoms with E-state index in [-0.39, 0.29) is 35.9 Å². The maximum Gasteiger partial charge on any atom is 0.253 e. The van der Waals surface area contributed by atoms with E-state index in [4.69, 9.17) is 4.99 Å². The summed E-state index contributed by atoms with van der Waals surface area (Å²) in [6.07, 6.45) is 0.814. The van der Waals surface area contributed by atoms with Gasteiger partial charge in [0.1, 0.15) is 0 Å². The van der Waals surface area contributed by atoms with Gasteiger partial charge in [0.05, 0.1) is 12.6 Å². The Kier molecular flexibility index (Phi) is 12.3. The number of hydrogen-bond donors (Lipinski definition) is 2. The van der Waals surface area contributed by atoms with Crippen molar-refractivity contribution in [3.8, 4) is 0 Å². The molecule has 2 aromatic carbocycles. The van der Waals surface area contributed by atoms with Gasteiger partial charge in [0, 0.05) is 32.7 Å². The highest BCUT2D eigenvalue weighted by Crippen LogP contribution is 2.19. The lowest BCUT2D eigenvalue weighted by molar-refractivity contribution is 0.0827. The van der Waals surface area contributed by atoms with Crippen LogP contribution in [0.3, 0.4) is 0 Å². The smallest absolute Gasteiger partial charge is 0.253 e. The molecule has 32 heavy (non-hydrogen) atoms. The van der Waals surface area contributed by atoms with E-state index in [1.54, 1.807) is 19.0 Å². The molecular weight excluding hydrogens is 513 g/mol. The Balaban J connectivity index is 0.00000512. The Bertz CT molecular complexity index is 865. The van der Waals surface area contributed by atoms with E-state index in [0.29, 0.717) is 6.54 Å². The van der Waals surface area contributed by atoms with Crippen molar-refractivity contribution in [1.82, 2.24) is 20.4 Å². The number of carbonyl (C=O) groups excluding carboxylic acids is 1. The lowest BCUT2D eigenvalue weighted by atomic mass is 10.0. The molecule has 6 nitrogen and oxygen atoms in total. The van der Waals surface area contributed by atoms with Crippen molar-refractivity contribution in [1.29, 1.82) is 0 Å². The molecule has 0 spiro atoms. The van der Waals surface area contributed by atoms with Crippen LogP contribution in [0.2, 0.25) is 0 Å². The van der Waals surface area contributed by atoms with Gasteiger partial charge in [-0.15, -0.1) is 24.0 Å². The van der Waals surface area contributed by atoms with Gasteiger partial charge >= 0.3 is 0 Å². The molecule has 2 N–H and O–H groups in total. The maximum atomic E-state index is 12.2. The van der Waals surface area contributed by atoms with E-state index in [1.165, 1.54) is 11.1 Å². The SMILES string of the molecule is CCNC(=NCC(c1ccc(C)cc1)N(C)C)NCCc1cccc(C(=O)N(C)C)c1.I. The van der Waals surface area contributed by atoms with Crippen LogP contribution in [-0.2, 0) is 6.42 Å². The average Bonchev–Trinajstić information content (AvgIpc) is 2.74. The minimum absolute atomic E-state index is 0. The molecule has 0 heterocycles. The summed E-state index contributed by atoms with van der Waals surface area (Å²) in [6.45, 7) is 6.37. The summed E-state index contributed by atoms with van der Waals surface area (Å²) in [6, 6.07) is 16.7. The van der Waals surface area contributed by atoms with Crippen LogP contribution in [0.4, 0.5) is 0 Å². The predicted molar refractivity (Wildman–Crippen MR) is 145 cm³/mol. The number of halogens is 1. The first-order valence-electron chi connectivity index (χ1n) is 10.9. The molecular formula is C25H38IN5O. The fourth-order valence-corrected chi connectivity index (χ4v) is 3.32. The van der Waals surface area contributed by atoms with E-state index in [2.05, 4.69) is 73.8 Å². The van der Waals surface area contributed by atoms with Crippen LogP contribution in [0.15, 0.2) is 53.5 Å². The second-order valence-corrected chi connectivity index (χ2v) is 8.19. The number of likely N-dealkylation sites (N-methyl/N-ethyl adjacent to an activating group) is 1. The minimum atomic E-state index is 0. The first kappa shape index (κ1) is 27.9. The molecule has 0 bridgehead atoms. The second kappa shape index (κ2) is 14.1. The second-order valence-electron chi connectivity index (χ2n) is 8.19. The van der Waals surface area contributed by atoms with Crippen molar-refractivity contribution in [2.24, 2.45) is 4.99 Å². The van der Waals surface area contributed by atoms with Gasteiger partial charge in [-0.05, 0) is 57.6 Å². The lowest BCUT2D eigenvalue weighted by Gasteiger charge is -2.24. The highest BCUT2D eigenvalue weighted by atomic mass is 127. The summed E-state index contributed by atoms with van der Waals surface area (Å²) in [5.74, 6) is 0.831. The zero-order chi connectivity index (χ0) is 22.8. The Hall–Kier alpha value is -2.13. The van der Waals surface area contributed by atoms with Crippen LogP contribution < -0.4 is 10.6 Å². The van der Waals surface area contributed by atoms with E-state index in [9.17, 15) is 4.79 Å². The zero-order valence-electron chi connectivity index (χ0n) is 20.2. The third-order valence-corrected chi connectivity index (χ3v) is 5.14. The Morgan fingerprint density at radius 2 is 1.72 bits per heavy atom. The number of aryl methyl sites for hydroxylation is 1. The largest absolute Gasteiger partial charge is 0.357 e. The molecule has 0 fully saturated rings. The normalized spacial score (nSPS) is 12.2. The van der Waals surface area contributed by atoms with Gasteiger partial charge in [0.15, 0.2) is 5.96 Å². The van der Waals surface area contributed by atoms with E-state index in [0.717, 1.165) is 36.6 Å². The number of rotatable bonds is 9. The van der Waals surface area contributed by atoms with E-state index < -0.39 is 0 Å². The first-order valence-corrected chi connectivity index (χ1v) is 10.9. The van der Waals surface area contributed by atoms with Crippen molar-refractivity contribution in [2.45, 2.75) is 26.3 Å². The summed E-state index contributed by atoms with van der Waals surface area (Å²) in [7, 11) is 7.71. The van der Waals surface area contributed by atoms with Gasteiger partial charge in [-0.2, -0.15) is 0 Å². The molecule has 0 saturated heterocycles. The highest BCUT2D eigenvalue weighted by molar-refractivity contribution is 14.0. The molecule has 0 saturated carbocycles. The van der Waals surface area contributed by atoms with E-state index in [1.807, 2.05) is 18.2 Å². The molecule has 0 aromatic heterocycles. The molecule has 0 aliphatic rings. The van der Waals surface area contributed by atoms with Crippen molar-refractivity contribution >= 4 is 35.8 Å². The van der Waals surface area contributed by atoms with Crippen LogP contribution in [0.5, 0.6) is 0 Å². The summed E-state index contributed by atoms with van der Waals surface area (Å²) >= 11 is 0. The maximum absolute atomic E-state index is 12.2. The molecule has 1 amide bonds. The highest BCUT2D eigenvalue weighted by Gasteiger charge is 2.14. The average molecular weight is 552 g/mol. The fraction of sp³-hybridized carbons (Fsp3) is 0.440. The fourth-order valence-electron chi connectivity index (χ4n) is 3.32. The number of nitrogens with one attached hydrogen (secondary N) is 2. The zero-order valence-corrected chi connectivity index (χ0v) is 22.5. The molecule has 2 aromatic rings. The van der Waals surface area contributed by atoms with Crippen LogP contribution in [0.25, 0.3) is 0 Å². The number of aliphatic imine (C=N–C) groups is 1. The first-order chi connectivity index (χ1) is 14.8. The number of guanidine groups is 1. The molecule has 176 valence electrons. The predicted octanol–water partition coefficient (Wildman–Crippen LogP) is 3.72. The summed E-state index contributed by atoms with van der Waals surface area (Å²) in [5.41, 5.74) is 4.37. The topological polar surface area (TPSA) is 60.0 Å². The van der Waals surface area contributed by atoms with E-state index >= 15 is 0 Å². The molecule has 0 aliphatic carbocycles. The van der Waals surface area contributed by atoms with Gasteiger partial charge in [-0.25, -0.2) is 0 Å². The molecule has 2 rings (SSSR count). The van der Waals surface area contributed by atoms with Crippen molar-refractivity contribution in [2.75, 3.05) is 47.8 Å². The van der Waals surface area contributed by atoms with Gasteiger partial charge in [-0.3, -0.25) is 9.79 Å². The Labute approximate surface area is 210 Å². The Morgan fingerprint density at radius 1 is 1.03 bits per heavy atom. The van der Waals surface area contributed by atoms with Crippen LogP contribution in [0.1, 0.15) is 40.0 Å². The Morgan fingerprint density at radius 3 is 2.31 bits per heavy atom. The van der Waals surface area contributed by atoms with Gasteiger partial charge in [0.2, 0.25) is 0 Å². The molecule has 0 aliphatic heterocycles. The molecule has 7 heteroatoms. The standard InChI is InChI=1S/C25H37N5O.HI/c1-7-26-25(28-18-23(29(3)4)21-13-11-19(2)12-14-21)27-16-15-20-9-8-10-22(17-20)24(31)30(5)6;/h8-14,17,23H,7,15-16,18H2,1-6H3,(H2,26,27,28);1H. The van der Waals surface area contributed by atoms with Gasteiger partial charge in [0.25, 0.3) is 5.91 Å². The van der Waals surface area contributed by atoms with Crippen molar-refractivity contribution < 1.29 is 4.79 Å². The van der Waals surface area contributed by atoms with Crippen LogP contribution in [-0.4, -0.2) is 69.5 Å². The summed E-state index contributed by atoms with van der Waals surface area (Å²) < 4.78 is 0. The molecule has 1 atom stereocenters. The van der Waals surface area contributed by atoms with Gasteiger partial charge < -0.3 is 20.4 Å². The van der Waals surface area contributed by atoms with Crippen molar-refractivity contribution in [3.05, 3.63) is 70.8 Å². The number of carbonyl (C=O) groups is 1. The van der Waals surface area contributed by atoms with Gasteiger partial charge in [-0.1, -0.05) is 42.0 Å². The third kappa shape index (κ3) is 8.78. The van der Waals surface area contributed by atoms with Crippen molar-refractivity contribution in [3.63, 3.8) is 0 Å². The number of nitrogens with zero attached hydrogens (tertiary/aromatic N) is 3. The summed E-state index contributed by atoms with van der Waals surface area (Å²) in [5, 5.41) is 6.75. The number of hydrogen-bond acceptors (Lipinski definition) is 3. The summed E-state index contributed by atoms with van der Waals surface area (Å²) in [4.78, 5) is 20.8. The monoisotopic (exact) mass is 551 g/mol. The molecule has 0 radical (unpaired) electrons. The number of benzene rings is 2. The minimum Gasteiger partial charge on any atom is -0.357 e. The third-order valence-electron chi connectivity index (χ3n) is 5.14. The quantitative estimate of drug-likeness (QED) is 0.284. The number of amides is 1. The van der Waals surface area contributed by atoms with Crippen LogP contribution in [0, 0.1) is 6.92 Å².